The molecule has 2 aromatic carbocycles. The Labute approximate surface area is 213 Å². The van der Waals surface area contributed by atoms with Crippen LogP contribution in [-0.4, -0.2) is 44.8 Å². The maximum Gasteiger partial charge on any atom is 0.245 e. The zero-order valence-electron chi connectivity index (χ0n) is 19.7. The van der Waals surface area contributed by atoms with Gasteiger partial charge in [0.2, 0.25) is 11.8 Å². The van der Waals surface area contributed by atoms with Crippen molar-refractivity contribution in [3.63, 3.8) is 0 Å². The molecule has 0 saturated heterocycles. The average Bonchev–Trinajstić information content (AvgIpc) is 3.34. The number of hydrogen-bond donors (Lipinski definition) is 4. The fourth-order valence-electron chi connectivity index (χ4n) is 3.55. The molecule has 4 N–H and O–H groups in total. The van der Waals surface area contributed by atoms with Crippen LogP contribution in [0, 0.1) is 5.41 Å². The van der Waals surface area contributed by atoms with Gasteiger partial charge in [0.25, 0.3) is 0 Å². The molecule has 190 valence electrons. The summed E-state index contributed by atoms with van der Waals surface area (Å²) in [6, 6.07) is 11.7. The predicted octanol–water partition coefficient (Wildman–Crippen LogP) is 3.42. The van der Waals surface area contributed by atoms with Crippen LogP contribution in [0.1, 0.15) is 36.6 Å². The van der Waals surface area contributed by atoms with Crippen molar-refractivity contribution in [2.45, 2.75) is 36.6 Å². The van der Waals surface area contributed by atoms with Gasteiger partial charge < -0.3 is 15.4 Å². The number of amidine groups is 1. The van der Waals surface area contributed by atoms with Crippen molar-refractivity contribution in [2.24, 2.45) is 10.1 Å². The summed E-state index contributed by atoms with van der Waals surface area (Å²) in [7, 11) is -3.52. The van der Waals surface area contributed by atoms with Crippen LogP contribution in [0.4, 0.5) is 4.39 Å². The Bertz CT molecular complexity index is 1360. The van der Waals surface area contributed by atoms with Crippen molar-refractivity contribution in [2.75, 3.05) is 13.2 Å². The minimum Gasteiger partial charge on any atom is -0.417 e. The smallest absolute Gasteiger partial charge is 0.245 e. The molecule has 0 spiro atoms. The highest BCUT2D eigenvalue weighted by Gasteiger charge is 2.28. The third-order valence-corrected chi connectivity index (χ3v) is 8.25. The highest BCUT2D eigenvalue weighted by atomic mass is 35.5. The second-order valence-corrected chi connectivity index (χ2v) is 11.3. The molecule has 0 bridgehead atoms. The number of nitrogens with one attached hydrogen (secondary N) is 4. The van der Waals surface area contributed by atoms with E-state index >= 15 is 0 Å². The molecule has 4 rings (SSSR count). The Hall–Kier alpha value is -3.28. The lowest BCUT2D eigenvalue weighted by molar-refractivity contribution is 0.405. The quantitative estimate of drug-likeness (QED) is 0.386. The Kier molecular flexibility index (Phi) is 7.72. The van der Waals surface area contributed by atoms with Crippen molar-refractivity contribution in [1.82, 2.24) is 16.1 Å². The first-order valence-corrected chi connectivity index (χ1v) is 13.2. The van der Waals surface area contributed by atoms with E-state index in [4.69, 9.17) is 21.7 Å². The van der Waals surface area contributed by atoms with Gasteiger partial charge in [-0.1, -0.05) is 29.8 Å². The molecular formula is C24H26ClFN6O3S. The molecule has 36 heavy (non-hydrogen) atoms. The summed E-state index contributed by atoms with van der Waals surface area (Å²) >= 11 is 6.32. The van der Waals surface area contributed by atoms with Crippen molar-refractivity contribution in [3.8, 4) is 0 Å². The zero-order chi connectivity index (χ0) is 25.9. The van der Waals surface area contributed by atoms with E-state index in [0.29, 0.717) is 30.2 Å². The summed E-state index contributed by atoms with van der Waals surface area (Å²) in [6.07, 6.45) is 1.54. The van der Waals surface area contributed by atoms with Crippen LogP contribution in [0.15, 0.2) is 69.0 Å². The van der Waals surface area contributed by atoms with Gasteiger partial charge in [-0.3, -0.25) is 5.41 Å². The van der Waals surface area contributed by atoms with E-state index in [9.17, 15) is 12.8 Å². The van der Waals surface area contributed by atoms with Crippen molar-refractivity contribution in [1.29, 1.82) is 5.41 Å². The van der Waals surface area contributed by atoms with Gasteiger partial charge in [0.1, 0.15) is 12.4 Å². The molecule has 2 aromatic rings. The molecular weight excluding hydrogens is 507 g/mol. The average molecular weight is 533 g/mol. The van der Waals surface area contributed by atoms with E-state index in [1.807, 2.05) is 24.3 Å². The molecule has 9 nitrogen and oxygen atoms in total. The molecule has 2 aliphatic heterocycles. The second kappa shape index (κ2) is 10.8. The van der Waals surface area contributed by atoms with Crippen molar-refractivity contribution < 1.29 is 17.5 Å². The first-order chi connectivity index (χ1) is 17.2. The van der Waals surface area contributed by atoms with Gasteiger partial charge in [-0.25, -0.2) is 23.2 Å². The van der Waals surface area contributed by atoms with Crippen molar-refractivity contribution in [3.05, 3.63) is 75.8 Å². The lowest BCUT2D eigenvalue weighted by atomic mass is 10.1. The number of sulfone groups is 1. The van der Waals surface area contributed by atoms with Gasteiger partial charge in [-0.2, -0.15) is 0 Å². The molecule has 2 aliphatic rings. The predicted molar refractivity (Wildman–Crippen MR) is 138 cm³/mol. The number of benzene rings is 2. The fraction of sp³-hybridized carbons (Fsp3) is 0.292. The number of hydrogen-bond acceptors (Lipinski definition) is 8. The van der Waals surface area contributed by atoms with E-state index in [1.54, 1.807) is 32.2 Å². The van der Waals surface area contributed by atoms with Crippen LogP contribution in [0.25, 0.3) is 0 Å². The molecule has 0 saturated carbocycles. The number of halogens is 2. The zero-order valence-corrected chi connectivity index (χ0v) is 21.3. The molecule has 1 atom stereocenters. The number of alkyl halides is 1. The minimum absolute atomic E-state index is 0.0513. The molecule has 1 unspecified atom stereocenters. The number of rotatable bonds is 8. The van der Waals surface area contributed by atoms with Gasteiger partial charge >= 0.3 is 0 Å². The standard InChI is InChI=1S/C24H26ClFN6O3S/c1-14(2)36(33,34)20-8-7-17(11-18(20)25)19-13-29-22(27)21(30-19)24-32-31-23(35-24)16-5-3-15(4-6-16)12-28-10-9-26/h3-8,11,13-14,19,27-28,30,32H,9-10,12H2,1-2H3. The van der Waals surface area contributed by atoms with Gasteiger partial charge in [0.05, 0.1) is 21.2 Å². The van der Waals surface area contributed by atoms with E-state index in [1.165, 1.54) is 6.07 Å². The number of aliphatic imine (C=N–C) groups is 1. The number of nitrogens with zero attached hydrogens (tertiary/aromatic N) is 2. The molecule has 0 aromatic heterocycles. The lowest BCUT2D eigenvalue weighted by Crippen LogP contribution is -2.33. The Morgan fingerprint density at radius 3 is 2.64 bits per heavy atom. The SMILES string of the molecule is CC(C)S(=O)(=O)c1ccc(C2C=NC(=N)C(=C3NN=C(c4ccc(CNCCF)cc4)O3)N2)cc1Cl. The summed E-state index contributed by atoms with van der Waals surface area (Å²) in [5, 5.41) is 18.1. The van der Waals surface area contributed by atoms with E-state index < -0.39 is 27.8 Å². The molecule has 12 heteroatoms. The van der Waals surface area contributed by atoms with E-state index in [2.05, 4.69) is 26.2 Å². The number of hydrazone groups is 1. The Balaban J connectivity index is 1.49. The van der Waals surface area contributed by atoms with Crippen LogP contribution in [0.3, 0.4) is 0 Å². The summed E-state index contributed by atoms with van der Waals surface area (Å²) in [5.74, 6) is 0.494. The van der Waals surface area contributed by atoms with Crippen LogP contribution in [0.5, 0.6) is 0 Å². The number of ether oxygens (including phenoxy) is 1. The maximum absolute atomic E-state index is 12.5. The third-order valence-electron chi connectivity index (χ3n) is 5.62. The fourth-order valence-corrected chi connectivity index (χ4v) is 5.16. The lowest BCUT2D eigenvalue weighted by Gasteiger charge is -2.23. The molecule has 0 fully saturated rings. The van der Waals surface area contributed by atoms with E-state index in [0.717, 1.165) is 11.1 Å². The first-order valence-electron chi connectivity index (χ1n) is 11.3. The van der Waals surface area contributed by atoms with Gasteiger partial charge in [-0.05, 0) is 49.2 Å². The summed E-state index contributed by atoms with van der Waals surface area (Å²) < 4.78 is 43.1. The largest absolute Gasteiger partial charge is 0.417 e. The minimum atomic E-state index is -3.52. The van der Waals surface area contributed by atoms with Crippen LogP contribution in [-0.2, 0) is 21.1 Å². The first kappa shape index (κ1) is 25.8. The van der Waals surface area contributed by atoms with Crippen LogP contribution < -0.4 is 16.1 Å². The highest BCUT2D eigenvalue weighted by molar-refractivity contribution is 7.92. The monoisotopic (exact) mass is 532 g/mol. The maximum atomic E-state index is 12.5. The normalized spacial score (nSPS) is 19.6. The Morgan fingerprint density at radius 1 is 1.22 bits per heavy atom. The summed E-state index contributed by atoms with van der Waals surface area (Å²) in [5.41, 5.74) is 5.49. The van der Waals surface area contributed by atoms with Crippen molar-refractivity contribution >= 4 is 39.4 Å². The topological polar surface area (TPSA) is 128 Å². The van der Waals surface area contributed by atoms with Gasteiger partial charge in [0.15, 0.2) is 15.7 Å². The molecule has 2 heterocycles. The highest BCUT2D eigenvalue weighted by Crippen LogP contribution is 2.29. The van der Waals surface area contributed by atoms with Gasteiger partial charge in [-0.15, -0.1) is 5.10 Å². The molecule has 0 amide bonds. The summed E-state index contributed by atoms with van der Waals surface area (Å²) in [4.78, 5) is 4.23. The Morgan fingerprint density at radius 2 is 1.97 bits per heavy atom. The summed E-state index contributed by atoms with van der Waals surface area (Å²) in [6.45, 7) is 3.64. The molecule has 0 aliphatic carbocycles. The molecule has 0 radical (unpaired) electrons. The van der Waals surface area contributed by atoms with Gasteiger partial charge in [0, 0.05) is 24.9 Å². The van der Waals surface area contributed by atoms with E-state index in [-0.39, 0.29) is 21.6 Å². The second-order valence-electron chi connectivity index (χ2n) is 8.43. The van der Waals surface area contributed by atoms with Crippen LogP contribution in [0.2, 0.25) is 5.02 Å². The van der Waals surface area contributed by atoms with Crippen LogP contribution >= 0.6 is 11.6 Å². The third kappa shape index (κ3) is 5.43.